The molecule has 2 unspecified atom stereocenters. The van der Waals surface area contributed by atoms with Crippen LogP contribution in [0.4, 0.5) is 4.79 Å². The quantitative estimate of drug-likeness (QED) is 0.313. The first kappa shape index (κ1) is 28.3. The number of hydrogen-bond donors (Lipinski definition) is 1. The Morgan fingerprint density at radius 3 is 2.22 bits per heavy atom. The van der Waals surface area contributed by atoms with Gasteiger partial charge in [0.1, 0.15) is 11.5 Å². The highest BCUT2D eigenvalue weighted by Gasteiger charge is 2.44. The zero-order valence-electron chi connectivity index (χ0n) is 23.6. The lowest BCUT2D eigenvalue weighted by atomic mass is 9.87. The maximum Gasteiger partial charge on any atom is 0.324 e. The van der Waals surface area contributed by atoms with Gasteiger partial charge in [0.15, 0.2) is 0 Å². The number of urea groups is 1. The molecule has 3 heterocycles. The second kappa shape index (κ2) is 11.1. The fraction of sp³-hybridized carbons (Fsp3) is 0.469. The van der Waals surface area contributed by atoms with Crippen molar-refractivity contribution in [1.29, 1.82) is 0 Å². The standard InChI is InChI=1S/C32H35Cl2N3O4/c1-32(2,3)20-11-9-19(10-12-20)30(38)35-31(39)37-21-13-14-22(37)16-23(15-21)40-17-24-28(36-41-29(24)18-7-8-18)27-25(33)5-4-6-26(27)34/h4-6,9-12,18,21-23H,7-8,13-17H2,1-3H3,(H,35,38,39). The summed E-state index contributed by atoms with van der Waals surface area (Å²) in [5.41, 5.74) is 3.81. The molecular formula is C32H35Cl2N3O4. The van der Waals surface area contributed by atoms with E-state index in [1.54, 1.807) is 24.3 Å². The number of nitrogens with one attached hydrogen (secondary N) is 1. The summed E-state index contributed by atoms with van der Waals surface area (Å²) >= 11 is 13.0. The van der Waals surface area contributed by atoms with Crippen LogP contribution in [0.5, 0.6) is 0 Å². The van der Waals surface area contributed by atoms with E-state index in [1.165, 1.54) is 0 Å². The SMILES string of the molecule is CC(C)(C)c1ccc(C(=O)NC(=O)N2C3CCC2CC(OCc2c(-c4c(Cl)cccc4Cl)noc2C2CC2)C3)cc1. The molecule has 2 bridgehead atoms. The largest absolute Gasteiger partial charge is 0.373 e. The van der Waals surface area contributed by atoms with Crippen molar-refractivity contribution in [2.45, 2.75) is 95.4 Å². The Morgan fingerprint density at radius 2 is 1.63 bits per heavy atom. The van der Waals surface area contributed by atoms with Gasteiger partial charge in [-0.15, -0.1) is 0 Å². The zero-order chi connectivity index (χ0) is 28.9. The molecule has 3 fully saturated rings. The van der Waals surface area contributed by atoms with Crippen molar-refractivity contribution in [3.8, 4) is 11.3 Å². The highest BCUT2D eigenvalue weighted by Crippen LogP contribution is 2.46. The molecule has 2 aromatic carbocycles. The first-order valence-electron chi connectivity index (χ1n) is 14.4. The summed E-state index contributed by atoms with van der Waals surface area (Å²) in [6.45, 7) is 6.71. The Bertz CT molecular complexity index is 1420. The average Bonchev–Trinajstić information content (AvgIpc) is 3.63. The minimum absolute atomic E-state index is 0.00671. The van der Waals surface area contributed by atoms with Crippen LogP contribution >= 0.6 is 23.2 Å². The molecule has 216 valence electrons. The molecule has 2 atom stereocenters. The van der Waals surface area contributed by atoms with Gasteiger partial charge in [0.25, 0.3) is 5.91 Å². The zero-order valence-corrected chi connectivity index (χ0v) is 25.1. The van der Waals surface area contributed by atoms with Crippen molar-refractivity contribution in [3.05, 3.63) is 75.0 Å². The van der Waals surface area contributed by atoms with Crippen LogP contribution in [0.25, 0.3) is 11.3 Å². The van der Waals surface area contributed by atoms with Crippen LogP contribution in [0.3, 0.4) is 0 Å². The molecular weight excluding hydrogens is 561 g/mol. The smallest absolute Gasteiger partial charge is 0.324 e. The minimum atomic E-state index is -0.376. The maximum atomic E-state index is 13.2. The first-order valence-corrected chi connectivity index (χ1v) is 15.1. The van der Waals surface area contributed by atoms with Crippen LogP contribution in [-0.2, 0) is 16.8 Å². The van der Waals surface area contributed by atoms with Crippen LogP contribution in [-0.4, -0.2) is 40.2 Å². The number of carbonyl (C=O) groups excluding carboxylic acids is 2. The summed E-state index contributed by atoms with van der Waals surface area (Å²) in [5, 5.41) is 8.02. The predicted molar refractivity (Wildman–Crippen MR) is 158 cm³/mol. The van der Waals surface area contributed by atoms with Gasteiger partial charge in [-0.2, -0.15) is 0 Å². The fourth-order valence-corrected chi connectivity index (χ4v) is 6.78. The predicted octanol–water partition coefficient (Wildman–Crippen LogP) is 7.89. The van der Waals surface area contributed by atoms with E-state index < -0.39 is 0 Å². The Morgan fingerprint density at radius 1 is 1.00 bits per heavy atom. The van der Waals surface area contributed by atoms with Crippen molar-refractivity contribution in [2.75, 3.05) is 0 Å². The van der Waals surface area contributed by atoms with Gasteiger partial charge in [-0.25, -0.2) is 4.79 Å². The normalized spacial score (nSPS) is 22.2. The minimum Gasteiger partial charge on any atom is -0.373 e. The summed E-state index contributed by atoms with van der Waals surface area (Å²) in [6, 6.07) is 12.6. The lowest BCUT2D eigenvalue weighted by molar-refractivity contribution is -0.0169. The molecule has 6 rings (SSSR count). The van der Waals surface area contributed by atoms with Crippen LogP contribution in [0.1, 0.15) is 92.5 Å². The molecule has 0 spiro atoms. The van der Waals surface area contributed by atoms with E-state index in [4.69, 9.17) is 32.5 Å². The molecule has 3 amide bonds. The molecule has 1 aliphatic carbocycles. The number of rotatable bonds is 6. The molecule has 3 aliphatic rings. The number of amides is 3. The van der Waals surface area contributed by atoms with Crippen LogP contribution in [0.15, 0.2) is 47.0 Å². The second-order valence-electron chi connectivity index (χ2n) is 12.5. The number of nitrogens with zero attached hydrogens (tertiary/aromatic N) is 2. The van der Waals surface area contributed by atoms with Gasteiger partial charge in [0.2, 0.25) is 0 Å². The maximum absolute atomic E-state index is 13.2. The van der Waals surface area contributed by atoms with Gasteiger partial charge in [-0.3, -0.25) is 10.1 Å². The van der Waals surface area contributed by atoms with Crippen molar-refractivity contribution in [2.24, 2.45) is 0 Å². The number of ether oxygens (including phenoxy) is 1. The number of piperidine rings is 1. The van der Waals surface area contributed by atoms with Crippen LogP contribution < -0.4 is 5.32 Å². The van der Waals surface area contributed by atoms with E-state index in [1.807, 2.05) is 23.1 Å². The van der Waals surface area contributed by atoms with Gasteiger partial charge < -0.3 is 14.2 Å². The molecule has 41 heavy (non-hydrogen) atoms. The summed E-state index contributed by atoms with van der Waals surface area (Å²) in [5.74, 6) is 0.823. The molecule has 2 aliphatic heterocycles. The second-order valence-corrected chi connectivity index (χ2v) is 13.3. The lowest BCUT2D eigenvalue weighted by Gasteiger charge is -2.38. The molecule has 3 aromatic rings. The highest BCUT2D eigenvalue weighted by atomic mass is 35.5. The third-order valence-electron chi connectivity index (χ3n) is 8.59. The molecule has 0 radical (unpaired) electrons. The van der Waals surface area contributed by atoms with Crippen molar-refractivity contribution in [1.82, 2.24) is 15.4 Å². The molecule has 9 heteroatoms. The van der Waals surface area contributed by atoms with E-state index in [0.29, 0.717) is 52.2 Å². The highest BCUT2D eigenvalue weighted by molar-refractivity contribution is 6.39. The summed E-state index contributed by atoms with van der Waals surface area (Å²) in [4.78, 5) is 27.9. The molecule has 2 saturated heterocycles. The van der Waals surface area contributed by atoms with Crippen molar-refractivity contribution < 1.29 is 18.8 Å². The summed E-state index contributed by atoms with van der Waals surface area (Å²) < 4.78 is 12.3. The summed E-state index contributed by atoms with van der Waals surface area (Å²) in [7, 11) is 0. The van der Waals surface area contributed by atoms with Crippen LogP contribution in [0.2, 0.25) is 10.0 Å². The Hall–Kier alpha value is -2.87. The number of carbonyl (C=O) groups is 2. The van der Waals surface area contributed by atoms with Crippen molar-refractivity contribution >= 4 is 35.1 Å². The number of halogens is 2. The average molecular weight is 597 g/mol. The van der Waals surface area contributed by atoms with E-state index in [9.17, 15) is 9.59 Å². The monoisotopic (exact) mass is 595 g/mol. The number of fused-ring (bicyclic) bond motifs is 2. The fourth-order valence-electron chi connectivity index (χ4n) is 6.20. The molecule has 1 aromatic heterocycles. The van der Waals surface area contributed by atoms with E-state index in [2.05, 4.69) is 31.2 Å². The van der Waals surface area contributed by atoms with E-state index in [0.717, 1.165) is 42.6 Å². The summed E-state index contributed by atoms with van der Waals surface area (Å²) in [6.07, 6.45) is 5.33. The van der Waals surface area contributed by atoms with Gasteiger partial charge in [-0.1, -0.05) is 67.3 Å². The molecule has 1 N–H and O–H groups in total. The molecule has 1 saturated carbocycles. The van der Waals surface area contributed by atoms with Crippen LogP contribution in [0, 0.1) is 0 Å². The number of benzene rings is 2. The van der Waals surface area contributed by atoms with Gasteiger partial charge >= 0.3 is 6.03 Å². The van der Waals surface area contributed by atoms with E-state index in [-0.39, 0.29) is 35.5 Å². The number of hydrogen-bond acceptors (Lipinski definition) is 5. The number of aromatic nitrogens is 1. The van der Waals surface area contributed by atoms with Gasteiger partial charge in [0, 0.05) is 34.7 Å². The Kier molecular flexibility index (Phi) is 7.64. The molecule has 7 nitrogen and oxygen atoms in total. The first-order chi connectivity index (χ1) is 19.6. The third-order valence-corrected chi connectivity index (χ3v) is 9.22. The Labute approximate surface area is 250 Å². The topological polar surface area (TPSA) is 84.7 Å². The third kappa shape index (κ3) is 5.77. The van der Waals surface area contributed by atoms with Gasteiger partial charge in [0.05, 0.1) is 22.8 Å². The van der Waals surface area contributed by atoms with Gasteiger partial charge in [-0.05, 0) is 73.8 Å². The Balaban J connectivity index is 1.11. The van der Waals surface area contributed by atoms with E-state index >= 15 is 0 Å². The number of imide groups is 1. The van der Waals surface area contributed by atoms with Crippen molar-refractivity contribution in [3.63, 3.8) is 0 Å². The lowest BCUT2D eigenvalue weighted by Crippen LogP contribution is -2.53.